The fourth-order valence-electron chi connectivity index (χ4n) is 1.47. The van der Waals surface area contributed by atoms with Crippen molar-refractivity contribution in [2.75, 3.05) is 20.8 Å². The van der Waals surface area contributed by atoms with Gasteiger partial charge in [0.15, 0.2) is 0 Å². The zero-order valence-corrected chi connectivity index (χ0v) is 8.75. The standard InChI is InChI=1S/C10H12O2.CH5N/c1-11-10-3-2-9-7-12-5-4-8(9)6-10;1-2/h2-3,6H,4-5,7H2,1H3;2H2,1H3. The van der Waals surface area contributed by atoms with Gasteiger partial charge in [0, 0.05) is 0 Å². The van der Waals surface area contributed by atoms with Crippen LogP contribution in [0, 0.1) is 0 Å². The average Bonchev–Trinajstić information content (AvgIpc) is 2.31. The van der Waals surface area contributed by atoms with Crippen molar-refractivity contribution in [2.24, 2.45) is 5.73 Å². The summed E-state index contributed by atoms with van der Waals surface area (Å²) >= 11 is 0. The third kappa shape index (κ3) is 2.47. The van der Waals surface area contributed by atoms with Gasteiger partial charge in [-0.15, -0.1) is 0 Å². The van der Waals surface area contributed by atoms with Crippen molar-refractivity contribution in [3.8, 4) is 5.75 Å². The summed E-state index contributed by atoms with van der Waals surface area (Å²) in [5.74, 6) is 0.940. The Balaban J connectivity index is 0.000000461. The first-order valence-electron chi connectivity index (χ1n) is 4.71. The van der Waals surface area contributed by atoms with Gasteiger partial charge in [-0.05, 0) is 36.7 Å². The Labute approximate surface area is 84.8 Å². The highest BCUT2D eigenvalue weighted by atomic mass is 16.5. The molecule has 78 valence electrons. The van der Waals surface area contributed by atoms with Gasteiger partial charge in [0.05, 0.1) is 20.3 Å². The number of benzene rings is 1. The minimum atomic E-state index is 0.749. The molecule has 3 heteroatoms. The quantitative estimate of drug-likeness (QED) is 0.735. The normalized spacial score (nSPS) is 13.6. The Bertz CT molecular complexity index is 287. The number of nitrogens with two attached hydrogens (primary N) is 1. The van der Waals surface area contributed by atoms with Gasteiger partial charge in [-0.2, -0.15) is 0 Å². The van der Waals surface area contributed by atoms with Gasteiger partial charge in [-0.3, -0.25) is 0 Å². The molecule has 2 rings (SSSR count). The van der Waals surface area contributed by atoms with E-state index in [1.807, 2.05) is 6.07 Å². The Morgan fingerprint density at radius 2 is 2.07 bits per heavy atom. The van der Waals surface area contributed by atoms with E-state index >= 15 is 0 Å². The van der Waals surface area contributed by atoms with Crippen LogP contribution in [-0.2, 0) is 17.8 Å². The van der Waals surface area contributed by atoms with Crippen molar-refractivity contribution in [1.29, 1.82) is 0 Å². The van der Waals surface area contributed by atoms with Crippen LogP contribution in [0.4, 0.5) is 0 Å². The van der Waals surface area contributed by atoms with E-state index in [9.17, 15) is 0 Å². The van der Waals surface area contributed by atoms with Crippen LogP contribution < -0.4 is 10.5 Å². The number of hydrogen-bond acceptors (Lipinski definition) is 3. The van der Waals surface area contributed by atoms with Crippen LogP contribution in [-0.4, -0.2) is 20.8 Å². The molecule has 0 unspecified atom stereocenters. The van der Waals surface area contributed by atoms with E-state index in [1.54, 1.807) is 7.11 Å². The number of rotatable bonds is 1. The predicted octanol–water partition coefficient (Wildman–Crippen LogP) is 1.34. The first-order chi connectivity index (χ1) is 6.90. The van der Waals surface area contributed by atoms with Crippen LogP contribution in [0.15, 0.2) is 18.2 Å². The van der Waals surface area contributed by atoms with Gasteiger partial charge in [-0.25, -0.2) is 0 Å². The number of hydrogen-bond donors (Lipinski definition) is 1. The maximum Gasteiger partial charge on any atom is 0.119 e. The van der Waals surface area contributed by atoms with Gasteiger partial charge >= 0.3 is 0 Å². The third-order valence-electron chi connectivity index (χ3n) is 2.19. The van der Waals surface area contributed by atoms with E-state index in [0.29, 0.717) is 0 Å². The largest absolute Gasteiger partial charge is 0.497 e. The molecule has 1 heterocycles. The minimum absolute atomic E-state index is 0.749. The molecule has 0 atom stereocenters. The van der Waals surface area contributed by atoms with Crippen LogP contribution in [0.3, 0.4) is 0 Å². The molecule has 0 aromatic heterocycles. The average molecular weight is 195 g/mol. The first kappa shape index (κ1) is 11.0. The third-order valence-corrected chi connectivity index (χ3v) is 2.19. The number of ether oxygens (including phenoxy) is 2. The molecule has 0 amide bonds. The molecule has 2 N–H and O–H groups in total. The molecule has 0 radical (unpaired) electrons. The maximum atomic E-state index is 5.33. The fourth-order valence-corrected chi connectivity index (χ4v) is 1.47. The molecule has 0 bridgehead atoms. The van der Waals surface area contributed by atoms with Gasteiger partial charge in [0.2, 0.25) is 0 Å². The molecular formula is C11H17NO2. The molecule has 1 aromatic rings. The summed E-state index contributed by atoms with van der Waals surface area (Å²) in [6, 6.07) is 6.15. The highest BCUT2D eigenvalue weighted by Gasteiger charge is 2.09. The summed E-state index contributed by atoms with van der Waals surface area (Å²) < 4.78 is 10.5. The van der Waals surface area contributed by atoms with Crippen molar-refractivity contribution < 1.29 is 9.47 Å². The topological polar surface area (TPSA) is 44.5 Å². The lowest BCUT2D eigenvalue weighted by Crippen LogP contribution is -2.09. The van der Waals surface area contributed by atoms with Gasteiger partial charge < -0.3 is 15.2 Å². The maximum absolute atomic E-state index is 5.33. The summed E-state index contributed by atoms with van der Waals surface area (Å²) in [6.07, 6.45) is 1.01. The lowest BCUT2D eigenvalue weighted by atomic mass is 10.0. The summed E-state index contributed by atoms with van der Waals surface area (Å²) in [4.78, 5) is 0. The first-order valence-corrected chi connectivity index (χ1v) is 4.71. The molecule has 0 saturated carbocycles. The van der Waals surface area contributed by atoms with Gasteiger partial charge in [0.25, 0.3) is 0 Å². The van der Waals surface area contributed by atoms with Crippen molar-refractivity contribution in [3.63, 3.8) is 0 Å². The van der Waals surface area contributed by atoms with E-state index < -0.39 is 0 Å². The second-order valence-corrected chi connectivity index (χ2v) is 2.94. The summed E-state index contributed by atoms with van der Waals surface area (Å²) in [5, 5.41) is 0. The molecule has 0 saturated heterocycles. The van der Waals surface area contributed by atoms with Gasteiger partial charge in [0.1, 0.15) is 5.75 Å². The zero-order valence-electron chi connectivity index (χ0n) is 8.75. The van der Waals surface area contributed by atoms with Crippen LogP contribution in [0.25, 0.3) is 0 Å². The summed E-state index contributed by atoms with van der Waals surface area (Å²) in [7, 11) is 3.20. The Morgan fingerprint density at radius 1 is 1.29 bits per heavy atom. The van der Waals surface area contributed by atoms with Crippen LogP contribution in [0.5, 0.6) is 5.75 Å². The minimum Gasteiger partial charge on any atom is -0.497 e. The molecule has 0 fully saturated rings. The molecule has 0 aliphatic carbocycles. The molecule has 1 aromatic carbocycles. The second-order valence-electron chi connectivity index (χ2n) is 2.94. The molecule has 3 nitrogen and oxygen atoms in total. The smallest absolute Gasteiger partial charge is 0.119 e. The summed E-state index contributed by atoms with van der Waals surface area (Å²) in [5.41, 5.74) is 7.16. The highest BCUT2D eigenvalue weighted by molar-refractivity contribution is 5.36. The molecule has 0 spiro atoms. The molecule has 1 aliphatic rings. The van der Waals surface area contributed by atoms with Crippen molar-refractivity contribution in [2.45, 2.75) is 13.0 Å². The lowest BCUT2D eigenvalue weighted by Gasteiger charge is -2.16. The summed E-state index contributed by atoms with van der Waals surface area (Å²) in [6.45, 7) is 1.58. The van der Waals surface area contributed by atoms with Crippen molar-refractivity contribution in [3.05, 3.63) is 29.3 Å². The zero-order chi connectivity index (χ0) is 10.4. The van der Waals surface area contributed by atoms with E-state index in [4.69, 9.17) is 9.47 Å². The Morgan fingerprint density at radius 3 is 2.79 bits per heavy atom. The molecule has 1 aliphatic heterocycles. The SMILES string of the molecule is CN.COc1ccc2c(c1)CCOC2. The molecule has 14 heavy (non-hydrogen) atoms. The van der Waals surface area contributed by atoms with Crippen molar-refractivity contribution in [1.82, 2.24) is 0 Å². The second kappa shape index (κ2) is 5.62. The van der Waals surface area contributed by atoms with Crippen LogP contribution in [0.1, 0.15) is 11.1 Å². The number of methoxy groups -OCH3 is 1. The number of fused-ring (bicyclic) bond motifs is 1. The highest BCUT2D eigenvalue weighted by Crippen LogP contribution is 2.21. The van der Waals surface area contributed by atoms with E-state index in [0.717, 1.165) is 25.4 Å². The van der Waals surface area contributed by atoms with Crippen LogP contribution >= 0.6 is 0 Å². The molecular weight excluding hydrogens is 178 g/mol. The van der Waals surface area contributed by atoms with E-state index in [2.05, 4.69) is 17.9 Å². The van der Waals surface area contributed by atoms with Crippen molar-refractivity contribution >= 4 is 0 Å². The van der Waals surface area contributed by atoms with Gasteiger partial charge in [-0.1, -0.05) is 6.07 Å². The fraction of sp³-hybridized carbons (Fsp3) is 0.455. The van der Waals surface area contributed by atoms with Crippen LogP contribution in [0.2, 0.25) is 0 Å². The Kier molecular flexibility index (Phi) is 4.43. The van der Waals surface area contributed by atoms with E-state index in [-0.39, 0.29) is 0 Å². The van der Waals surface area contributed by atoms with E-state index in [1.165, 1.54) is 18.2 Å². The predicted molar refractivity (Wildman–Crippen MR) is 56.5 cm³/mol. The Hall–Kier alpha value is -1.06. The monoisotopic (exact) mass is 195 g/mol. The lowest BCUT2D eigenvalue weighted by molar-refractivity contribution is 0.110.